The molecule has 1 N–H and O–H groups in total. The summed E-state index contributed by atoms with van der Waals surface area (Å²) in [6, 6.07) is 22.2. The van der Waals surface area contributed by atoms with E-state index in [4.69, 9.17) is 5.10 Å². The predicted octanol–water partition coefficient (Wildman–Crippen LogP) is 4.28. The molecule has 0 aliphatic heterocycles. The van der Waals surface area contributed by atoms with Crippen LogP contribution in [0.3, 0.4) is 0 Å². The molecule has 0 saturated carbocycles. The van der Waals surface area contributed by atoms with Crippen molar-refractivity contribution < 1.29 is 0 Å². The fraction of sp³-hybridized carbons (Fsp3) is 0. The SMILES string of the molecule is C(#Cc1cnc2ccc(-c3ccccc3)nn12)c1cccc2[nH]ccc12. The Hall–Kier alpha value is -3.84. The summed E-state index contributed by atoms with van der Waals surface area (Å²) in [5.74, 6) is 6.48. The van der Waals surface area contributed by atoms with Crippen molar-refractivity contribution in [3.05, 3.63) is 90.4 Å². The first-order valence-corrected chi connectivity index (χ1v) is 8.37. The number of benzene rings is 2. The van der Waals surface area contributed by atoms with Crippen LogP contribution >= 0.6 is 0 Å². The van der Waals surface area contributed by atoms with Crippen LogP contribution in [0.25, 0.3) is 27.8 Å². The van der Waals surface area contributed by atoms with Crippen molar-refractivity contribution in [2.45, 2.75) is 0 Å². The zero-order valence-corrected chi connectivity index (χ0v) is 13.8. The topological polar surface area (TPSA) is 46.0 Å². The van der Waals surface area contributed by atoms with Gasteiger partial charge in [-0.3, -0.25) is 0 Å². The molecular weight excluding hydrogens is 320 g/mol. The van der Waals surface area contributed by atoms with Crippen molar-refractivity contribution in [3.63, 3.8) is 0 Å². The summed E-state index contributed by atoms with van der Waals surface area (Å²) in [6.07, 6.45) is 3.69. The van der Waals surface area contributed by atoms with Gasteiger partial charge in [-0.1, -0.05) is 42.3 Å². The maximum atomic E-state index is 4.72. The Morgan fingerprint density at radius 2 is 1.77 bits per heavy atom. The maximum absolute atomic E-state index is 4.72. The van der Waals surface area contributed by atoms with Gasteiger partial charge >= 0.3 is 0 Å². The maximum Gasteiger partial charge on any atom is 0.154 e. The van der Waals surface area contributed by atoms with Crippen LogP contribution in [0.15, 0.2) is 79.1 Å². The molecule has 26 heavy (non-hydrogen) atoms. The quantitative estimate of drug-likeness (QED) is 0.465. The molecule has 0 spiro atoms. The number of fused-ring (bicyclic) bond motifs is 2. The third kappa shape index (κ3) is 2.43. The smallest absolute Gasteiger partial charge is 0.154 e. The fourth-order valence-electron chi connectivity index (χ4n) is 3.05. The molecule has 2 aromatic carbocycles. The van der Waals surface area contributed by atoms with Crippen LogP contribution in [0, 0.1) is 11.8 Å². The molecule has 5 rings (SSSR count). The Morgan fingerprint density at radius 1 is 0.846 bits per heavy atom. The Bertz CT molecular complexity index is 1280. The van der Waals surface area contributed by atoms with E-state index in [9.17, 15) is 0 Å². The van der Waals surface area contributed by atoms with E-state index in [1.165, 1.54) is 0 Å². The lowest BCUT2D eigenvalue weighted by atomic mass is 10.1. The summed E-state index contributed by atoms with van der Waals surface area (Å²) in [6.45, 7) is 0. The molecule has 0 fully saturated rings. The highest BCUT2D eigenvalue weighted by molar-refractivity contribution is 5.85. The molecule has 3 heterocycles. The molecule has 0 saturated heterocycles. The lowest BCUT2D eigenvalue weighted by Crippen LogP contribution is -1.96. The van der Waals surface area contributed by atoms with Crippen LogP contribution < -0.4 is 0 Å². The van der Waals surface area contributed by atoms with Crippen LogP contribution in [0.2, 0.25) is 0 Å². The standard InChI is InChI=1S/C22H14N4/c1-2-5-17(6-3-1)20-11-12-22-24-15-18(26(22)25-20)10-9-16-7-4-8-21-19(16)13-14-23-21/h1-8,11-15,23H. The highest BCUT2D eigenvalue weighted by Crippen LogP contribution is 2.18. The van der Waals surface area contributed by atoms with Gasteiger partial charge in [0.2, 0.25) is 0 Å². The van der Waals surface area contributed by atoms with Crippen molar-refractivity contribution in [2.24, 2.45) is 0 Å². The summed E-state index contributed by atoms with van der Waals surface area (Å²) in [7, 11) is 0. The van der Waals surface area contributed by atoms with Crippen molar-refractivity contribution in [3.8, 4) is 23.1 Å². The van der Waals surface area contributed by atoms with E-state index < -0.39 is 0 Å². The lowest BCUT2D eigenvalue weighted by molar-refractivity contribution is 0.930. The molecule has 0 radical (unpaired) electrons. The second-order valence-electron chi connectivity index (χ2n) is 5.99. The molecule has 0 aliphatic carbocycles. The molecule has 4 nitrogen and oxygen atoms in total. The minimum Gasteiger partial charge on any atom is -0.361 e. The van der Waals surface area contributed by atoms with Crippen molar-refractivity contribution in [1.29, 1.82) is 0 Å². The van der Waals surface area contributed by atoms with E-state index in [1.54, 1.807) is 10.7 Å². The summed E-state index contributed by atoms with van der Waals surface area (Å²) in [5, 5.41) is 5.83. The molecule has 0 bridgehead atoms. The van der Waals surface area contributed by atoms with Crippen LogP contribution in [0.1, 0.15) is 11.3 Å². The highest BCUT2D eigenvalue weighted by atomic mass is 15.3. The average Bonchev–Trinajstić information content (AvgIpc) is 3.33. The Kier molecular flexibility index (Phi) is 3.29. The minimum absolute atomic E-state index is 0.769. The van der Waals surface area contributed by atoms with E-state index in [0.29, 0.717) is 0 Å². The molecular formula is C22H14N4. The van der Waals surface area contributed by atoms with Crippen molar-refractivity contribution in [1.82, 2.24) is 19.6 Å². The molecule has 5 aromatic rings. The lowest BCUT2D eigenvalue weighted by Gasteiger charge is -2.01. The van der Waals surface area contributed by atoms with E-state index in [1.807, 2.05) is 72.9 Å². The van der Waals surface area contributed by atoms with E-state index in [-0.39, 0.29) is 0 Å². The average molecular weight is 334 g/mol. The first-order chi connectivity index (χ1) is 12.9. The van der Waals surface area contributed by atoms with E-state index in [2.05, 4.69) is 21.8 Å². The van der Waals surface area contributed by atoms with Gasteiger partial charge in [0.1, 0.15) is 5.69 Å². The highest BCUT2D eigenvalue weighted by Gasteiger charge is 2.05. The second kappa shape index (κ2) is 5.91. The molecule has 3 aromatic heterocycles. The molecule has 122 valence electrons. The minimum atomic E-state index is 0.769. The van der Waals surface area contributed by atoms with Crippen LogP contribution in [0.5, 0.6) is 0 Å². The van der Waals surface area contributed by atoms with E-state index >= 15 is 0 Å². The Labute approximate surface area is 150 Å². The number of H-pyrrole nitrogens is 1. The molecule has 0 aliphatic rings. The van der Waals surface area contributed by atoms with Gasteiger partial charge in [-0.2, -0.15) is 5.10 Å². The summed E-state index contributed by atoms with van der Waals surface area (Å²) in [5.41, 5.74) is 5.59. The largest absolute Gasteiger partial charge is 0.361 e. The van der Waals surface area contributed by atoms with Crippen LogP contribution in [-0.4, -0.2) is 19.6 Å². The van der Waals surface area contributed by atoms with Gasteiger partial charge in [0.25, 0.3) is 0 Å². The van der Waals surface area contributed by atoms with Gasteiger partial charge in [0, 0.05) is 28.2 Å². The molecule has 4 heteroatoms. The van der Waals surface area contributed by atoms with Crippen molar-refractivity contribution in [2.75, 3.05) is 0 Å². The summed E-state index contributed by atoms with van der Waals surface area (Å²) >= 11 is 0. The number of imidazole rings is 1. The van der Waals surface area contributed by atoms with E-state index in [0.717, 1.165) is 39.1 Å². The number of aromatic nitrogens is 4. The molecule has 0 atom stereocenters. The van der Waals surface area contributed by atoms with Crippen molar-refractivity contribution >= 4 is 16.6 Å². The van der Waals surface area contributed by atoms with Gasteiger partial charge in [-0.15, -0.1) is 0 Å². The first kappa shape index (κ1) is 14.5. The number of rotatable bonds is 1. The number of nitrogens with zero attached hydrogens (tertiary/aromatic N) is 3. The first-order valence-electron chi connectivity index (χ1n) is 8.37. The summed E-state index contributed by atoms with van der Waals surface area (Å²) < 4.78 is 1.80. The zero-order chi connectivity index (χ0) is 17.3. The summed E-state index contributed by atoms with van der Waals surface area (Å²) in [4.78, 5) is 7.62. The monoisotopic (exact) mass is 334 g/mol. The number of hydrogen-bond acceptors (Lipinski definition) is 2. The fourth-order valence-corrected chi connectivity index (χ4v) is 3.05. The van der Waals surface area contributed by atoms with Gasteiger partial charge in [-0.25, -0.2) is 9.50 Å². The van der Waals surface area contributed by atoms with Gasteiger partial charge in [-0.05, 0) is 36.3 Å². The number of nitrogens with one attached hydrogen (secondary N) is 1. The van der Waals surface area contributed by atoms with Crippen LogP contribution in [-0.2, 0) is 0 Å². The second-order valence-corrected chi connectivity index (χ2v) is 5.99. The zero-order valence-electron chi connectivity index (χ0n) is 13.8. The normalized spacial score (nSPS) is 10.8. The molecule has 0 unspecified atom stereocenters. The number of aromatic amines is 1. The van der Waals surface area contributed by atoms with Gasteiger partial charge < -0.3 is 4.98 Å². The third-order valence-corrected chi connectivity index (χ3v) is 4.35. The Morgan fingerprint density at radius 3 is 2.69 bits per heavy atom. The third-order valence-electron chi connectivity index (χ3n) is 4.35. The van der Waals surface area contributed by atoms with Gasteiger partial charge in [0.15, 0.2) is 5.65 Å². The molecule has 0 amide bonds. The van der Waals surface area contributed by atoms with Crippen LogP contribution in [0.4, 0.5) is 0 Å². The number of hydrogen-bond donors (Lipinski definition) is 1. The predicted molar refractivity (Wildman–Crippen MR) is 103 cm³/mol. The van der Waals surface area contributed by atoms with Gasteiger partial charge in [0.05, 0.1) is 11.9 Å². The Balaban J connectivity index is 1.61.